The highest BCUT2D eigenvalue weighted by Crippen LogP contribution is 2.27. The molecule has 7 nitrogen and oxygen atoms in total. The molecular weight excluding hydrogens is 410 g/mol. The molecule has 1 aromatic carbocycles. The summed E-state index contributed by atoms with van der Waals surface area (Å²) in [4.78, 5) is 4.21. The molecule has 0 aliphatic rings. The average molecular weight is 432 g/mol. The topological polar surface area (TPSA) is 100 Å². The highest BCUT2D eigenvalue weighted by atomic mass is 32.2. The minimum atomic E-state index is -3.93. The quantitative estimate of drug-likeness (QED) is 0.517. The van der Waals surface area contributed by atoms with Crippen molar-refractivity contribution in [1.29, 1.82) is 5.26 Å². The van der Waals surface area contributed by atoms with Gasteiger partial charge in [-0.25, -0.2) is 12.9 Å². The molecule has 4 rings (SSSR count). The summed E-state index contributed by atoms with van der Waals surface area (Å²) in [6.07, 6.45) is 3.34. The molecular formula is C23H21N5O2S. The fraction of sp³-hybridized carbons (Fsp3) is 0.174. The molecule has 0 aliphatic carbocycles. The van der Waals surface area contributed by atoms with Crippen LogP contribution in [0.15, 0.2) is 71.9 Å². The number of sulfonamides is 1. The molecule has 4 aromatic rings. The summed E-state index contributed by atoms with van der Waals surface area (Å²) in [5, 5.41) is 14.1. The Morgan fingerprint density at radius 2 is 1.81 bits per heavy atom. The third kappa shape index (κ3) is 4.00. The second-order valence-corrected chi connectivity index (χ2v) is 9.88. The van der Waals surface area contributed by atoms with Crippen LogP contribution >= 0.6 is 0 Å². The Balaban J connectivity index is 1.78. The van der Waals surface area contributed by atoms with E-state index < -0.39 is 10.0 Å². The van der Waals surface area contributed by atoms with E-state index in [-0.39, 0.29) is 21.7 Å². The van der Waals surface area contributed by atoms with Crippen molar-refractivity contribution in [3.63, 3.8) is 0 Å². The highest BCUT2D eigenvalue weighted by Gasteiger charge is 2.21. The van der Waals surface area contributed by atoms with E-state index in [1.807, 2.05) is 18.2 Å². The first kappa shape index (κ1) is 20.6. The smallest absolute Gasteiger partial charge is 0.263 e. The van der Waals surface area contributed by atoms with E-state index >= 15 is 0 Å². The molecule has 0 atom stereocenters. The van der Waals surface area contributed by atoms with E-state index in [1.54, 1.807) is 54.9 Å². The van der Waals surface area contributed by atoms with E-state index in [2.05, 4.69) is 35.6 Å². The molecule has 1 N–H and O–H groups in total. The molecule has 0 amide bonds. The lowest BCUT2D eigenvalue weighted by molar-refractivity contribution is 0.587. The molecule has 31 heavy (non-hydrogen) atoms. The first-order chi connectivity index (χ1) is 14.7. The van der Waals surface area contributed by atoms with Gasteiger partial charge in [0.1, 0.15) is 6.07 Å². The van der Waals surface area contributed by atoms with Crippen LogP contribution in [-0.4, -0.2) is 23.0 Å². The van der Waals surface area contributed by atoms with Crippen molar-refractivity contribution in [2.24, 2.45) is 0 Å². The van der Waals surface area contributed by atoms with Crippen molar-refractivity contribution < 1.29 is 8.42 Å². The van der Waals surface area contributed by atoms with Gasteiger partial charge in [0.25, 0.3) is 10.0 Å². The Kier molecular flexibility index (Phi) is 4.99. The zero-order valence-corrected chi connectivity index (χ0v) is 18.2. The second kappa shape index (κ2) is 7.52. The van der Waals surface area contributed by atoms with Gasteiger partial charge in [0.15, 0.2) is 5.82 Å². The number of hydrogen-bond donors (Lipinski definition) is 1. The normalized spacial score (nSPS) is 11.9. The van der Waals surface area contributed by atoms with E-state index in [9.17, 15) is 13.7 Å². The number of nitrogens with zero attached hydrogens (tertiary/aromatic N) is 4. The van der Waals surface area contributed by atoms with Crippen LogP contribution in [0.5, 0.6) is 0 Å². The standard InChI is InChI=1S/C23H21N5O2S/c1-23(2,3)18-7-10-20(11-8-18)31(29,30)27-22-16(14-24)6-9-19-13-21(26-28(19)22)17-5-4-12-25-15-17/h4-13,15,27H,1-3H3. The Morgan fingerprint density at radius 3 is 2.42 bits per heavy atom. The van der Waals surface area contributed by atoms with Crippen LogP contribution in [0.4, 0.5) is 5.82 Å². The van der Waals surface area contributed by atoms with E-state index in [4.69, 9.17) is 0 Å². The Hall–Kier alpha value is -3.70. The van der Waals surface area contributed by atoms with Crippen molar-refractivity contribution in [3.8, 4) is 17.3 Å². The van der Waals surface area contributed by atoms with Gasteiger partial charge in [-0.2, -0.15) is 10.4 Å². The van der Waals surface area contributed by atoms with Crippen LogP contribution in [0, 0.1) is 11.3 Å². The largest absolute Gasteiger partial charge is 0.264 e. The van der Waals surface area contributed by atoms with Gasteiger partial charge < -0.3 is 0 Å². The third-order valence-corrected chi connectivity index (χ3v) is 6.32. The number of hydrogen-bond acceptors (Lipinski definition) is 5. The number of benzene rings is 1. The fourth-order valence-electron chi connectivity index (χ4n) is 3.22. The number of nitriles is 1. The van der Waals surface area contributed by atoms with Gasteiger partial charge in [-0.1, -0.05) is 32.9 Å². The molecule has 0 aliphatic heterocycles. The maximum absolute atomic E-state index is 13.1. The van der Waals surface area contributed by atoms with E-state index in [1.165, 1.54) is 4.52 Å². The summed E-state index contributed by atoms with van der Waals surface area (Å²) in [5.74, 6) is 0.0926. The van der Waals surface area contributed by atoms with Crippen molar-refractivity contribution >= 4 is 21.4 Å². The first-order valence-corrected chi connectivity index (χ1v) is 11.1. The molecule has 0 saturated carbocycles. The zero-order valence-electron chi connectivity index (χ0n) is 17.4. The third-order valence-electron chi connectivity index (χ3n) is 4.96. The van der Waals surface area contributed by atoms with Crippen LogP contribution in [-0.2, 0) is 15.4 Å². The molecule has 0 spiro atoms. The zero-order chi connectivity index (χ0) is 22.2. The molecule has 3 heterocycles. The molecule has 3 aromatic heterocycles. The molecule has 0 fully saturated rings. The van der Waals surface area contributed by atoms with Crippen LogP contribution in [0.3, 0.4) is 0 Å². The summed E-state index contributed by atoms with van der Waals surface area (Å²) in [6.45, 7) is 6.19. The predicted molar refractivity (Wildman–Crippen MR) is 119 cm³/mol. The molecule has 0 unspecified atom stereocenters. The first-order valence-electron chi connectivity index (χ1n) is 9.66. The molecule has 0 radical (unpaired) electrons. The average Bonchev–Trinajstić information content (AvgIpc) is 3.19. The Morgan fingerprint density at radius 1 is 1.06 bits per heavy atom. The Labute approximate surface area is 181 Å². The number of aromatic nitrogens is 3. The van der Waals surface area contributed by atoms with Gasteiger partial charge >= 0.3 is 0 Å². The molecule has 0 bridgehead atoms. The van der Waals surface area contributed by atoms with Crippen molar-refractivity contribution in [3.05, 3.63) is 78.1 Å². The minimum absolute atomic E-state index is 0.0902. The van der Waals surface area contributed by atoms with Gasteiger partial charge in [-0.3, -0.25) is 9.71 Å². The van der Waals surface area contributed by atoms with Crippen LogP contribution in [0.1, 0.15) is 31.9 Å². The van der Waals surface area contributed by atoms with Gasteiger partial charge in [-0.05, 0) is 53.4 Å². The second-order valence-electron chi connectivity index (χ2n) is 8.20. The number of nitrogens with one attached hydrogen (secondary N) is 1. The predicted octanol–water partition coefficient (Wildman–Crippen LogP) is 4.37. The number of fused-ring (bicyclic) bond motifs is 1. The minimum Gasteiger partial charge on any atom is -0.264 e. The number of anilines is 1. The number of pyridine rings is 2. The molecule has 0 saturated heterocycles. The van der Waals surface area contributed by atoms with Crippen LogP contribution in [0.2, 0.25) is 0 Å². The summed E-state index contributed by atoms with van der Waals surface area (Å²) in [5.41, 5.74) is 3.17. The van der Waals surface area contributed by atoms with E-state index in [0.29, 0.717) is 11.2 Å². The lowest BCUT2D eigenvalue weighted by Crippen LogP contribution is -2.17. The van der Waals surface area contributed by atoms with Crippen molar-refractivity contribution in [1.82, 2.24) is 14.6 Å². The lowest BCUT2D eigenvalue weighted by atomic mass is 9.87. The molecule has 156 valence electrons. The summed E-state index contributed by atoms with van der Waals surface area (Å²) < 4.78 is 30.1. The van der Waals surface area contributed by atoms with Crippen molar-refractivity contribution in [2.45, 2.75) is 31.1 Å². The monoisotopic (exact) mass is 431 g/mol. The summed E-state index contributed by atoms with van der Waals surface area (Å²) >= 11 is 0. The van der Waals surface area contributed by atoms with E-state index in [0.717, 1.165) is 11.1 Å². The number of rotatable bonds is 4. The van der Waals surface area contributed by atoms with Gasteiger partial charge in [0.05, 0.1) is 21.7 Å². The van der Waals surface area contributed by atoms with Crippen molar-refractivity contribution in [2.75, 3.05) is 4.72 Å². The highest BCUT2D eigenvalue weighted by molar-refractivity contribution is 7.92. The maximum atomic E-state index is 13.1. The fourth-order valence-corrected chi connectivity index (χ4v) is 4.28. The van der Waals surface area contributed by atoms with Gasteiger partial charge in [0, 0.05) is 18.0 Å². The Bertz CT molecular complexity index is 1390. The summed E-state index contributed by atoms with van der Waals surface area (Å²) in [6, 6.07) is 17.5. The maximum Gasteiger partial charge on any atom is 0.263 e. The van der Waals surface area contributed by atoms with Gasteiger partial charge in [0.2, 0.25) is 0 Å². The lowest BCUT2D eigenvalue weighted by Gasteiger charge is -2.19. The molecule has 8 heteroatoms. The van der Waals surface area contributed by atoms with Crippen LogP contribution in [0.25, 0.3) is 16.8 Å². The SMILES string of the molecule is CC(C)(C)c1ccc(S(=O)(=O)Nc2c(C#N)ccc3cc(-c4cccnc4)nn23)cc1. The van der Waals surface area contributed by atoms with Crippen LogP contribution < -0.4 is 4.72 Å². The van der Waals surface area contributed by atoms with Gasteiger partial charge in [-0.15, -0.1) is 0 Å². The summed E-state index contributed by atoms with van der Waals surface area (Å²) in [7, 11) is -3.93.